The summed E-state index contributed by atoms with van der Waals surface area (Å²) in [6, 6.07) is 4.60. The fourth-order valence-electron chi connectivity index (χ4n) is 1.88. The Morgan fingerprint density at radius 1 is 1.53 bits per heavy atom. The van der Waals surface area contributed by atoms with E-state index >= 15 is 0 Å². The maximum atomic E-state index is 13.5. The molecule has 1 atom stereocenters. The second-order valence-electron chi connectivity index (χ2n) is 4.10. The first kappa shape index (κ1) is 12.5. The zero-order valence-corrected chi connectivity index (χ0v) is 10.9. The van der Waals surface area contributed by atoms with Gasteiger partial charge in [-0.25, -0.2) is 4.39 Å². The Morgan fingerprint density at radius 3 is 3.12 bits per heavy atom. The Hall–Kier alpha value is -0.940. The molecule has 2 rings (SSSR count). The number of piperidine rings is 1. The van der Waals surface area contributed by atoms with Gasteiger partial charge < -0.3 is 10.6 Å². The van der Waals surface area contributed by atoms with Crippen LogP contribution in [0.4, 0.5) is 4.39 Å². The summed E-state index contributed by atoms with van der Waals surface area (Å²) in [4.78, 5) is 11.5. The van der Waals surface area contributed by atoms with Crippen LogP contribution in [0.3, 0.4) is 0 Å². The second-order valence-corrected chi connectivity index (χ2v) is 5.02. The fourth-order valence-corrected chi connectivity index (χ4v) is 2.29. The van der Waals surface area contributed by atoms with Gasteiger partial charge in [-0.05, 0) is 31.0 Å². The van der Waals surface area contributed by atoms with Crippen molar-refractivity contribution in [2.24, 2.45) is 0 Å². The molecule has 1 aliphatic heterocycles. The Labute approximate surface area is 108 Å². The minimum Gasteiger partial charge on any atom is -0.355 e. The highest BCUT2D eigenvalue weighted by atomic mass is 79.9. The molecular weight excluding hydrogens is 287 g/mol. The number of amides is 1. The van der Waals surface area contributed by atoms with E-state index in [1.165, 1.54) is 6.07 Å². The van der Waals surface area contributed by atoms with Gasteiger partial charge in [0.2, 0.25) is 5.91 Å². The highest BCUT2D eigenvalue weighted by Gasteiger charge is 2.21. The van der Waals surface area contributed by atoms with E-state index in [-0.39, 0.29) is 17.8 Å². The molecule has 0 bridgehead atoms. The van der Waals surface area contributed by atoms with E-state index in [9.17, 15) is 9.18 Å². The number of carbonyl (C=O) groups is 1. The van der Waals surface area contributed by atoms with Crippen molar-refractivity contribution in [3.8, 4) is 0 Å². The largest absolute Gasteiger partial charge is 0.355 e. The van der Waals surface area contributed by atoms with Crippen LogP contribution in [0.5, 0.6) is 0 Å². The summed E-state index contributed by atoms with van der Waals surface area (Å²) >= 11 is 3.30. The van der Waals surface area contributed by atoms with Crippen LogP contribution in [-0.2, 0) is 11.3 Å². The monoisotopic (exact) mass is 300 g/mol. The molecule has 92 valence electrons. The van der Waals surface area contributed by atoms with Crippen molar-refractivity contribution >= 4 is 21.8 Å². The minimum absolute atomic E-state index is 0.00616. The first-order valence-electron chi connectivity index (χ1n) is 5.62. The Bertz CT molecular complexity index is 425. The standard InChI is InChI=1S/C12H14BrFN2O/c13-9-3-4-10(14)8(6-9)7-16-11-2-1-5-15-12(11)17/h3-4,6,11,16H,1-2,5,7H2,(H,15,17). The van der Waals surface area contributed by atoms with Gasteiger partial charge in [0.05, 0.1) is 6.04 Å². The van der Waals surface area contributed by atoms with E-state index in [2.05, 4.69) is 26.6 Å². The lowest BCUT2D eigenvalue weighted by Gasteiger charge is -2.23. The molecule has 0 radical (unpaired) electrons. The van der Waals surface area contributed by atoms with E-state index in [1.807, 2.05) is 0 Å². The van der Waals surface area contributed by atoms with Gasteiger partial charge in [-0.2, -0.15) is 0 Å². The number of hydrogen-bond acceptors (Lipinski definition) is 2. The van der Waals surface area contributed by atoms with Crippen molar-refractivity contribution < 1.29 is 9.18 Å². The number of rotatable bonds is 3. The van der Waals surface area contributed by atoms with Gasteiger partial charge in [-0.3, -0.25) is 4.79 Å². The number of nitrogens with one attached hydrogen (secondary N) is 2. The molecule has 1 aromatic rings. The van der Waals surface area contributed by atoms with Crippen LogP contribution in [0.25, 0.3) is 0 Å². The van der Waals surface area contributed by atoms with Crippen molar-refractivity contribution in [1.29, 1.82) is 0 Å². The van der Waals surface area contributed by atoms with Crippen molar-refractivity contribution in [2.45, 2.75) is 25.4 Å². The van der Waals surface area contributed by atoms with E-state index in [1.54, 1.807) is 12.1 Å². The molecule has 17 heavy (non-hydrogen) atoms. The highest BCUT2D eigenvalue weighted by molar-refractivity contribution is 9.10. The van der Waals surface area contributed by atoms with Crippen LogP contribution in [0.1, 0.15) is 18.4 Å². The summed E-state index contributed by atoms with van der Waals surface area (Å²) in [6.07, 6.45) is 1.77. The van der Waals surface area contributed by atoms with Gasteiger partial charge in [-0.1, -0.05) is 15.9 Å². The first-order valence-corrected chi connectivity index (χ1v) is 6.41. The van der Waals surface area contributed by atoms with Gasteiger partial charge in [-0.15, -0.1) is 0 Å². The zero-order valence-electron chi connectivity index (χ0n) is 9.30. The quantitative estimate of drug-likeness (QED) is 0.896. The summed E-state index contributed by atoms with van der Waals surface area (Å²) in [7, 11) is 0. The molecule has 1 aliphatic rings. The first-order chi connectivity index (χ1) is 8.16. The van der Waals surface area contributed by atoms with Crippen molar-refractivity contribution in [3.63, 3.8) is 0 Å². The van der Waals surface area contributed by atoms with Gasteiger partial charge in [0.15, 0.2) is 0 Å². The molecule has 2 N–H and O–H groups in total. The maximum absolute atomic E-state index is 13.5. The Morgan fingerprint density at radius 2 is 2.35 bits per heavy atom. The summed E-state index contributed by atoms with van der Waals surface area (Å²) < 4.78 is 14.3. The van der Waals surface area contributed by atoms with E-state index in [4.69, 9.17) is 0 Å². The SMILES string of the molecule is O=C1NCCCC1NCc1cc(Br)ccc1F. The summed E-state index contributed by atoms with van der Waals surface area (Å²) in [5.74, 6) is -0.247. The van der Waals surface area contributed by atoms with Crippen molar-refractivity contribution in [2.75, 3.05) is 6.54 Å². The third-order valence-corrected chi connectivity index (χ3v) is 3.33. The normalized spacial score (nSPS) is 20.1. The third-order valence-electron chi connectivity index (χ3n) is 2.83. The van der Waals surface area contributed by atoms with E-state index < -0.39 is 0 Å². The lowest BCUT2D eigenvalue weighted by molar-refractivity contribution is -0.124. The molecule has 0 aliphatic carbocycles. The van der Waals surface area contributed by atoms with Crippen LogP contribution in [-0.4, -0.2) is 18.5 Å². The number of halogens is 2. The molecule has 1 unspecified atom stereocenters. The molecule has 1 saturated heterocycles. The Kier molecular flexibility index (Phi) is 4.12. The number of hydrogen-bond donors (Lipinski definition) is 2. The molecule has 0 spiro atoms. The van der Waals surface area contributed by atoms with Gasteiger partial charge in [0, 0.05) is 23.1 Å². The fraction of sp³-hybridized carbons (Fsp3) is 0.417. The van der Waals surface area contributed by atoms with Crippen LogP contribution in [0.2, 0.25) is 0 Å². The molecule has 0 aromatic heterocycles. The number of carbonyl (C=O) groups excluding carboxylic acids is 1. The molecule has 5 heteroatoms. The molecule has 0 saturated carbocycles. The Balaban J connectivity index is 1.97. The molecule has 1 amide bonds. The lowest BCUT2D eigenvalue weighted by atomic mass is 10.1. The zero-order chi connectivity index (χ0) is 12.3. The summed E-state index contributed by atoms with van der Waals surface area (Å²) in [6.45, 7) is 1.10. The molecule has 3 nitrogen and oxygen atoms in total. The van der Waals surface area contributed by atoms with Crippen LogP contribution < -0.4 is 10.6 Å². The minimum atomic E-state index is -0.253. The van der Waals surface area contributed by atoms with Gasteiger partial charge in [0.1, 0.15) is 5.82 Å². The topological polar surface area (TPSA) is 41.1 Å². The van der Waals surface area contributed by atoms with E-state index in [0.29, 0.717) is 12.1 Å². The summed E-state index contributed by atoms with van der Waals surface area (Å²) in [5, 5.41) is 5.87. The van der Waals surface area contributed by atoms with Crippen LogP contribution in [0, 0.1) is 5.82 Å². The molecular formula is C12H14BrFN2O. The third kappa shape index (κ3) is 3.26. The second kappa shape index (κ2) is 5.60. The van der Waals surface area contributed by atoms with Gasteiger partial charge >= 0.3 is 0 Å². The van der Waals surface area contributed by atoms with E-state index in [0.717, 1.165) is 23.9 Å². The molecule has 1 heterocycles. The average Bonchev–Trinajstić information content (AvgIpc) is 2.32. The van der Waals surface area contributed by atoms with Crippen LogP contribution >= 0.6 is 15.9 Å². The molecule has 1 aromatic carbocycles. The van der Waals surface area contributed by atoms with Crippen molar-refractivity contribution in [1.82, 2.24) is 10.6 Å². The smallest absolute Gasteiger partial charge is 0.237 e. The van der Waals surface area contributed by atoms with Crippen molar-refractivity contribution in [3.05, 3.63) is 34.1 Å². The maximum Gasteiger partial charge on any atom is 0.237 e. The predicted octanol–water partition coefficient (Wildman–Crippen LogP) is 1.96. The average molecular weight is 301 g/mol. The summed E-state index contributed by atoms with van der Waals surface area (Å²) in [5.41, 5.74) is 0.567. The lowest BCUT2D eigenvalue weighted by Crippen LogP contribution is -2.47. The predicted molar refractivity (Wildman–Crippen MR) is 67.0 cm³/mol. The van der Waals surface area contributed by atoms with Gasteiger partial charge in [0.25, 0.3) is 0 Å². The molecule has 1 fully saturated rings. The van der Waals surface area contributed by atoms with Crippen LogP contribution in [0.15, 0.2) is 22.7 Å². The highest BCUT2D eigenvalue weighted by Crippen LogP contribution is 2.16. The number of benzene rings is 1.